The lowest BCUT2D eigenvalue weighted by molar-refractivity contribution is -0.929. The molecule has 0 radical (unpaired) electrons. The van der Waals surface area contributed by atoms with Gasteiger partial charge in [-0.15, -0.1) is 6.58 Å². The van der Waals surface area contributed by atoms with E-state index in [-0.39, 0.29) is 5.91 Å². The summed E-state index contributed by atoms with van der Waals surface area (Å²) >= 11 is 0. The van der Waals surface area contributed by atoms with Gasteiger partial charge in [-0.25, -0.2) is 0 Å². The van der Waals surface area contributed by atoms with Gasteiger partial charge in [0.1, 0.15) is 13.1 Å². The summed E-state index contributed by atoms with van der Waals surface area (Å²) in [5.41, 5.74) is 4.94. The molecule has 0 aromatic heterocycles. The monoisotopic (exact) mass is 307 g/mol. The molecule has 3 heteroatoms. The zero-order chi connectivity index (χ0) is 16.1. The first-order valence-electron chi connectivity index (χ1n) is 8.14. The highest BCUT2D eigenvalue weighted by Crippen LogP contribution is 2.11. The maximum atomic E-state index is 11.9. The van der Waals surface area contributed by atoms with Gasteiger partial charge in [0.15, 0.2) is 0 Å². The summed E-state index contributed by atoms with van der Waals surface area (Å²) in [5.74, 6) is -0.0457. The van der Waals surface area contributed by atoms with Crippen LogP contribution in [0.4, 0.5) is 0 Å². The second kappa shape index (κ2) is 7.25. The second-order valence-electron chi connectivity index (χ2n) is 6.07. The van der Waals surface area contributed by atoms with Crippen LogP contribution in [0.15, 0.2) is 61.2 Å². The molecule has 0 saturated carbocycles. The third-order valence-corrected chi connectivity index (χ3v) is 4.38. The van der Waals surface area contributed by atoms with Gasteiger partial charge in [0.25, 0.3) is 5.91 Å². The average molecular weight is 307 g/mol. The van der Waals surface area contributed by atoms with Gasteiger partial charge in [-0.1, -0.05) is 42.5 Å². The molecule has 1 amide bonds. The normalized spacial score (nSPS) is 16.4. The fourth-order valence-corrected chi connectivity index (χ4v) is 3.12. The zero-order valence-electron chi connectivity index (χ0n) is 13.3. The minimum absolute atomic E-state index is 0.0457. The van der Waals surface area contributed by atoms with Gasteiger partial charge in [0.2, 0.25) is 0 Å². The number of carbonyl (C=O) groups is 1. The Morgan fingerprint density at radius 1 is 1.13 bits per heavy atom. The SMILES string of the molecule is C=CCNC(=O)c1ccc(C[NH+]2CCc3ccccc3C2)cc1. The third-order valence-electron chi connectivity index (χ3n) is 4.38. The van der Waals surface area contributed by atoms with Gasteiger partial charge in [-0.05, 0) is 17.7 Å². The molecule has 0 aliphatic carbocycles. The number of amides is 1. The van der Waals surface area contributed by atoms with Crippen molar-refractivity contribution < 1.29 is 9.69 Å². The van der Waals surface area contributed by atoms with Crippen molar-refractivity contribution in [3.8, 4) is 0 Å². The highest BCUT2D eigenvalue weighted by molar-refractivity contribution is 5.94. The molecule has 0 spiro atoms. The Balaban J connectivity index is 1.61. The first-order chi connectivity index (χ1) is 11.3. The van der Waals surface area contributed by atoms with Crippen molar-refractivity contribution in [2.45, 2.75) is 19.5 Å². The molecule has 0 saturated heterocycles. The molecular formula is C20H23N2O+. The van der Waals surface area contributed by atoms with Crippen molar-refractivity contribution in [2.75, 3.05) is 13.1 Å². The van der Waals surface area contributed by atoms with Gasteiger partial charge < -0.3 is 10.2 Å². The Bertz CT molecular complexity index is 691. The van der Waals surface area contributed by atoms with E-state index in [0.29, 0.717) is 12.1 Å². The number of rotatable bonds is 5. The predicted octanol–water partition coefficient (Wildman–Crippen LogP) is 1.74. The van der Waals surface area contributed by atoms with Crippen LogP contribution >= 0.6 is 0 Å². The minimum Gasteiger partial charge on any atom is -0.349 e. The fraction of sp³-hybridized carbons (Fsp3) is 0.250. The van der Waals surface area contributed by atoms with E-state index < -0.39 is 0 Å². The Labute approximate surface area is 137 Å². The molecule has 2 N–H and O–H groups in total. The maximum absolute atomic E-state index is 11.9. The van der Waals surface area contributed by atoms with Gasteiger partial charge in [0.05, 0.1) is 6.54 Å². The van der Waals surface area contributed by atoms with Crippen molar-refractivity contribution in [1.29, 1.82) is 0 Å². The van der Waals surface area contributed by atoms with Crippen LogP contribution in [0.25, 0.3) is 0 Å². The molecule has 3 nitrogen and oxygen atoms in total. The number of hydrogen-bond acceptors (Lipinski definition) is 1. The second-order valence-corrected chi connectivity index (χ2v) is 6.07. The zero-order valence-corrected chi connectivity index (χ0v) is 13.3. The molecule has 2 aromatic carbocycles. The quantitative estimate of drug-likeness (QED) is 0.811. The lowest BCUT2D eigenvalue weighted by Gasteiger charge is -2.26. The van der Waals surface area contributed by atoms with Crippen LogP contribution in [0, 0.1) is 0 Å². The lowest BCUT2D eigenvalue weighted by Crippen LogP contribution is -3.10. The van der Waals surface area contributed by atoms with Gasteiger partial charge >= 0.3 is 0 Å². The van der Waals surface area contributed by atoms with E-state index in [1.807, 2.05) is 12.1 Å². The molecule has 23 heavy (non-hydrogen) atoms. The lowest BCUT2D eigenvalue weighted by atomic mass is 9.99. The molecule has 1 heterocycles. The molecule has 2 aromatic rings. The molecule has 0 bridgehead atoms. The summed E-state index contributed by atoms with van der Waals surface area (Å²) in [4.78, 5) is 13.5. The van der Waals surface area contributed by atoms with Crippen LogP contribution in [0.5, 0.6) is 0 Å². The summed E-state index contributed by atoms with van der Waals surface area (Å²) in [6.07, 6.45) is 2.83. The summed E-state index contributed by atoms with van der Waals surface area (Å²) < 4.78 is 0. The Morgan fingerprint density at radius 3 is 2.61 bits per heavy atom. The van der Waals surface area contributed by atoms with E-state index in [0.717, 1.165) is 19.5 Å². The summed E-state index contributed by atoms with van der Waals surface area (Å²) in [7, 11) is 0. The fourth-order valence-electron chi connectivity index (χ4n) is 3.12. The molecule has 0 fully saturated rings. The van der Waals surface area contributed by atoms with Crippen molar-refractivity contribution in [1.82, 2.24) is 5.32 Å². The van der Waals surface area contributed by atoms with Crippen molar-refractivity contribution >= 4 is 5.91 Å². The highest BCUT2D eigenvalue weighted by Gasteiger charge is 2.19. The summed E-state index contributed by atoms with van der Waals surface area (Å²) in [6, 6.07) is 16.7. The van der Waals surface area contributed by atoms with E-state index in [4.69, 9.17) is 0 Å². The van der Waals surface area contributed by atoms with Crippen molar-refractivity contribution in [3.63, 3.8) is 0 Å². The van der Waals surface area contributed by atoms with E-state index in [1.54, 1.807) is 11.0 Å². The number of benzene rings is 2. The molecule has 1 unspecified atom stereocenters. The van der Waals surface area contributed by atoms with Gasteiger partial charge in [-0.2, -0.15) is 0 Å². The van der Waals surface area contributed by atoms with Crippen LogP contribution in [0.3, 0.4) is 0 Å². The van der Waals surface area contributed by atoms with Crippen molar-refractivity contribution in [3.05, 3.63) is 83.4 Å². The number of fused-ring (bicyclic) bond motifs is 1. The summed E-state index contributed by atoms with van der Waals surface area (Å²) in [6.45, 7) is 7.35. The number of nitrogens with one attached hydrogen (secondary N) is 2. The van der Waals surface area contributed by atoms with Crippen molar-refractivity contribution in [2.24, 2.45) is 0 Å². The number of hydrogen-bond donors (Lipinski definition) is 2. The van der Waals surface area contributed by atoms with E-state index in [9.17, 15) is 4.79 Å². The number of quaternary nitrogens is 1. The largest absolute Gasteiger partial charge is 0.349 e. The first-order valence-corrected chi connectivity index (χ1v) is 8.14. The van der Waals surface area contributed by atoms with Gasteiger partial charge in [0, 0.05) is 29.7 Å². The molecule has 1 aliphatic heterocycles. The van der Waals surface area contributed by atoms with Crippen LogP contribution in [-0.2, 0) is 19.5 Å². The molecule has 1 aliphatic rings. The Hall–Kier alpha value is -2.39. The minimum atomic E-state index is -0.0457. The topological polar surface area (TPSA) is 33.5 Å². The van der Waals surface area contributed by atoms with E-state index >= 15 is 0 Å². The van der Waals surface area contributed by atoms with Gasteiger partial charge in [-0.3, -0.25) is 4.79 Å². The third kappa shape index (κ3) is 3.88. The standard InChI is InChI=1S/C20H22N2O/c1-2-12-21-20(23)18-9-7-16(8-10-18)14-22-13-11-17-5-3-4-6-19(17)15-22/h2-10H,1,11-15H2,(H,21,23)/p+1. The smallest absolute Gasteiger partial charge is 0.251 e. The Kier molecular flexibility index (Phi) is 4.89. The molecule has 3 rings (SSSR count). The van der Waals surface area contributed by atoms with Crippen LogP contribution in [0.1, 0.15) is 27.0 Å². The maximum Gasteiger partial charge on any atom is 0.251 e. The number of carbonyl (C=O) groups excluding carboxylic acids is 1. The molecule has 118 valence electrons. The highest BCUT2D eigenvalue weighted by atomic mass is 16.1. The average Bonchev–Trinajstić information content (AvgIpc) is 2.60. The summed E-state index contributed by atoms with van der Waals surface area (Å²) in [5, 5.41) is 2.80. The Morgan fingerprint density at radius 2 is 1.87 bits per heavy atom. The molecular weight excluding hydrogens is 284 g/mol. The van der Waals surface area contributed by atoms with Crippen LogP contribution in [0.2, 0.25) is 0 Å². The molecule has 1 atom stereocenters. The van der Waals surface area contributed by atoms with E-state index in [2.05, 4.69) is 48.3 Å². The predicted molar refractivity (Wildman–Crippen MR) is 92.4 cm³/mol. The van der Waals surface area contributed by atoms with Crippen LogP contribution in [-0.4, -0.2) is 19.0 Å². The first kappa shape index (κ1) is 15.5. The van der Waals surface area contributed by atoms with E-state index in [1.165, 1.54) is 23.2 Å². The van der Waals surface area contributed by atoms with Crippen LogP contribution < -0.4 is 10.2 Å².